The number of hydrogen-bond donors (Lipinski definition) is 1. The summed E-state index contributed by atoms with van der Waals surface area (Å²) in [6, 6.07) is 30.9. The lowest BCUT2D eigenvalue weighted by molar-refractivity contribution is 0.413. The van der Waals surface area contributed by atoms with E-state index in [1.165, 1.54) is 53.1 Å². The first-order chi connectivity index (χ1) is 15.6. The van der Waals surface area contributed by atoms with Crippen molar-refractivity contribution in [1.29, 1.82) is 0 Å². The standard InChI is InChI=1S/C25H17NS.C4H8O/c1-26-22-11-4-2-7-18(22)21-10-6-9-17(25(21)26)16-13-14-20-19-8-3-5-12-23(19)27-24(20)15-16;1-3-4(2)5/h2-15H,1H3;3,5H,1-2H3/b;4-3+. The Morgan fingerprint density at radius 3 is 2.22 bits per heavy atom. The van der Waals surface area contributed by atoms with Gasteiger partial charge in [0, 0.05) is 49.1 Å². The quantitative estimate of drug-likeness (QED) is 0.256. The zero-order valence-corrected chi connectivity index (χ0v) is 19.3. The highest BCUT2D eigenvalue weighted by Crippen LogP contribution is 2.39. The van der Waals surface area contributed by atoms with Crippen molar-refractivity contribution in [2.45, 2.75) is 13.8 Å². The van der Waals surface area contributed by atoms with Crippen LogP contribution < -0.4 is 0 Å². The summed E-state index contributed by atoms with van der Waals surface area (Å²) in [4.78, 5) is 0. The molecule has 0 unspecified atom stereocenters. The molecule has 0 aliphatic heterocycles. The highest BCUT2D eigenvalue weighted by molar-refractivity contribution is 7.25. The highest BCUT2D eigenvalue weighted by Gasteiger charge is 2.13. The Balaban J connectivity index is 0.000000393. The highest BCUT2D eigenvalue weighted by atomic mass is 32.1. The molecule has 2 aromatic heterocycles. The molecule has 0 fully saturated rings. The van der Waals surface area contributed by atoms with Crippen molar-refractivity contribution in [1.82, 2.24) is 4.57 Å². The van der Waals surface area contributed by atoms with E-state index in [9.17, 15) is 0 Å². The Morgan fingerprint density at radius 1 is 0.781 bits per heavy atom. The maximum Gasteiger partial charge on any atom is 0.0849 e. The first-order valence-electron chi connectivity index (χ1n) is 10.8. The molecule has 0 spiro atoms. The maximum atomic E-state index is 8.22. The van der Waals surface area contributed by atoms with E-state index in [1.807, 2.05) is 11.3 Å². The molecule has 0 bridgehead atoms. The second-order valence-electron chi connectivity index (χ2n) is 8.02. The van der Waals surface area contributed by atoms with Crippen LogP contribution in [0.5, 0.6) is 0 Å². The van der Waals surface area contributed by atoms with E-state index in [4.69, 9.17) is 5.11 Å². The van der Waals surface area contributed by atoms with Crippen molar-refractivity contribution in [3.63, 3.8) is 0 Å². The fourth-order valence-electron chi connectivity index (χ4n) is 4.36. The van der Waals surface area contributed by atoms with E-state index in [1.54, 1.807) is 19.9 Å². The van der Waals surface area contributed by atoms with Crippen molar-refractivity contribution in [3.8, 4) is 11.1 Å². The molecule has 0 amide bonds. The van der Waals surface area contributed by atoms with Crippen LogP contribution in [0.4, 0.5) is 0 Å². The number of para-hydroxylation sites is 2. The fourth-order valence-corrected chi connectivity index (χ4v) is 5.51. The number of hydrogen-bond acceptors (Lipinski definition) is 2. The van der Waals surface area contributed by atoms with Crippen molar-refractivity contribution >= 4 is 53.3 Å². The van der Waals surface area contributed by atoms with Crippen molar-refractivity contribution < 1.29 is 5.11 Å². The number of thiophene rings is 1. The Morgan fingerprint density at radius 2 is 1.44 bits per heavy atom. The number of aryl methyl sites for hydroxylation is 1. The largest absolute Gasteiger partial charge is 0.513 e. The predicted octanol–water partition coefficient (Wildman–Crippen LogP) is 8.83. The zero-order chi connectivity index (χ0) is 22.2. The summed E-state index contributed by atoms with van der Waals surface area (Å²) in [5.41, 5.74) is 5.16. The molecule has 0 aliphatic rings. The predicted molar refractivity (Wildman–Crippen MR) is 141 cm³/mol. The molecule has 0 saturated heterocycles. The van der Waals surface area contributed by atoms with Gasteiger partial charge in [0.05, 0.1) is 11.3 Å². The van der Waals surface area contributed by atoms with Crippen LogP contribution in [-0.4, -0.2) is 9.67 Å². The molecule has 4 aromatic carbocycles. The van der Waals surface area contributed by atoms with Gasteiger partial charge in [-0.15, -0.1) is 11.3 Å². The molecule has 32 heavy (non-hydrogen) atoms. The Hall–Kier alpha value is -3.56. The number of allylic oxidation sites excluding steroid dienone is 2. The van der Waals surface area contributed by atoms with Gasteiger partial charge in [-0.1, -0.05) is 72.8 Å². The van der Waals surface area contributed by atoms with E-state index in [2.05, 4.69) is 96.5 Å². The minimum Gasteiger partial charge on any atom is -0.513 e. The fraction of sp³-hybridized carbons (Fsp3) is 0.103. The molecule has 0 atom stereocenters. The second kappa shape index (κ2) is 8.18. The minimum atomic E-state index is 0.380. The van der Waals surface area contributed by atoms with Crippen molar-refractivity contribution in [2.75, 3.05) is 0 Å². The third-order valence-corrected chi connectivity index (χ3v) is 7.17. The lowest BCUT2D eigenvalue weighted by atomic mass is 10.0. The zero-order valence-electron chi connectivity index (χ0n) is 18.5. The van der Waals surface area contributed by atoms with Crippen LogP contribution in [0.3, 0.4) is 0 Å². The third kappa shape index (κ3) is 3.35. The minimum absolute atomic E-state index is 0.380. The smallest absolute Gasteiger partial charge is 0.0849 e. The van der Waals surface area contributed by atoms with E-state index in [-0.39, 0.29) is 0 Å². The van der Waals surface area contributed by atoms with Gasteiger partial charge >= 0.3 is 0 Å². The average molecular weight is 436 g/mol. The molecule has 0 radical (unpaired) electrons. The van der Waals surface area contributed by atoms with Crippen LogP contribution in [-0.2, 0) is 7.05 Å². The number of rotatable bonds is 1. The number of benzene rings is 4. The van der Waals surface area contributed by atoms with E-state index in [0.717, 1.165) is 0 Å². The summed E-state index contributed by atoms with van der Waals surface area (Å²) in [6.45, 7) is 3.43. The van der Waals surface area contributed by atoms with Gasteiger partial charge in [-0.25, -0.2) is 0 Å². The van der Waals surface area contributed by atoms with Gasteiger partial charge < -0.3 is 9.67 Å². The molecule has 3 heteroatoms. The first kappa shape index (κ1) is 20.3. The lowest BCUT2D eigenvalue weighted by Gasteiger charge is -2.07. The summed E-state index contributed by atoms with van der Waals surface area (Å²) in [5.74, 6) is 0.380. The Bertz CT molecular complexity index is 1610. The molecule has 2 nitrogen and oxygen atoms in total. The molecule has 2 heterocycles. The summed E-state index contributed by atoms with van der Waals surface area (Å²) < 4.78 is 5.03. The SMILES string of the molecule is C/C=C(\C)O.Cn1c2ccccc2c2cccc(-c3ccc4c(c3)sc3ccccc34)c21. The summed E-state index contributed by atoms with van der Waals surface area (Å²) >= 11 is 1.88. The molecular weight excluding hydrogens is 410 g/mol. The Labute approximate surface area is 191 Å². The van der Waals surface area contributed by atoms with Gasteiger partial charge in [-0.3, -0.25) is 0 Å². The van der Waals surface area contributed by atoms with E-state index >= 15 is 0 Å². The molecule has 158 valence electrons. The van der Waals surface area contributed by atoms with Gasteiger partial charge in [0.2, 0.25) is 0 Å². The summed E-state index contributed by atoms with van der Waals surface area (Å²) in [7, 11) is 2.17. The van der Waals surface area contributed by atoms with Gasteiger partial charge in [0.1, 0.15) is 0 Å². The molecule has 0 aliphatic carbocycles. The van der Waals surface area contributed by atoms with Crippen LogP contribution in [0.2, 0.25) is 0 Å². The third-order valence-electron chi connectivity index (χ3n) is 6.03. The van der Waals surface area contributed by atoms with E-state index < -0.39 is 0 Å². The second-order valence-corrected chi connectivity index (χ2v) is 9.10. The van der Waals surface area contributed by atoms with Gasteiger partial charge in [-0.2, -0.15) is 0 Å². The van der Waals surface area contributed by atoms with Crippen LogP contribution in [0.15, 0.2) is 96.8 Å². The van der Waals surface area contributed by atoms with Crippen molar-refractivity contribution in [2.24, 2.45) is 7.05 Å². The van der Waals surface area contributed by atoms with Crippen LogP contribution in [0, 0.1) is 0 Å². The van der Waals surface area contributed by atoms with Crippen LogP contribution in [0.25, 0.3) is 53.1 Å². The summed E-state index contributed by atoms with van der Waals surface area (Å²) in [5, 5.41) is 13.6. The molecule has 6 aromatic rings. The van der Waals surface area contributed by atoms with Crippen LogP contribution >= 0.6 is 11.3 Å². The maximum absolute atomic E-state index is 8.22. The van der Waals surface area contributed by atoms with Gasteiger partial charge in [-0.05, 0) is 37.6 Å². The van der Waals surface area contributed by atoms with Crippen molar-refractivity contribution in [3.05, 3.63) is 96.8 Å². The normalized spacial score (nSPS) is 11.9. The molecule has 1 N–H and O–H groups in total. The number of fused-ring (bicyclic) bond motifs is 6. The average Bonchev–Trinajstić information content (AvgIpc) is 3.35. The van der Waals surface area contributed by atoms with Gasteiger partial charge in [0.25, 0.3) is 0 Å². The molecule has 0 saturated carbocycles. The number of aliphatic hydroxyl groups is 1. The lowest BCUT2D eigenvalue weighted by Crippen LogP contribution is -1.89. The van der Waals surface area contributed by atoms with Crippen LogP contribution in [0.1, 0.15) is 13.8 Å². The van der Waals surface area contributed by atoms with Gasteiger partial charge in [0.15, 0.2) is 0 Å². The topological polar surface area (TPSA) is 25.2 Å². The number of aromatic nitrogens is 1. The monoisotopic (exact) mass is 435 g/mol. The number of nitrogens with zero attached hydrogens (tertiary/aromatic N) is 1. The van der Waals surface area contributed by atoms with E-state index in [0.29, 0.717) is 5.76 Å². The summed E-state index contributed by atoms with van der Waals surface area (Å²) in [6.07, 6.45) is 1.64. The molecule has 6 rings (SSSR count). The Kier molecular flexibility index (Phi) is 5.20. The molecular formula is C29H25NOS. The first-order valence-corrected chi connectivity index (χ1v) is 11.6. The number of aliphatic hydroxyl groups excluding tert-OH is 1.